The van der Waals surface area contributed by atoms with Gasteiger partial charge >= 0.3 is 6.18 Å². The van der Waals surface area contributed by atoms with E-state index in [0.717, 1.165) is 30.4 Å². The summed E-state index contributed by atoms with van der Waals surface area (Å²) in [7, 11) is -7.36. The van der Waals surface area contributed by atoms with Crippen molar-refractivity contribution in [1.29, 1.82) is 0 Å². The lowest BCUT2D eigenvalue weighted by atomic mass is 9.95. The Bertz CT molecular complexity index is 1290. The van der Waals surface area contributed by atoms with Gasteiger partial charge in [-0.2, -0.15) is 21.8 Å². The average molecular weight is 582 g/mol. The molecule has 1 N–H and O–H groups in total. The Hall–Kier alpha value is -1.71. The van der Waals surface area contributed by atoms with Gasteiger partial charge in [0.05, 0.1) is 12.3 Å². The molecule has 14 heteroatoms. The van der Waals surface area contributed by atoms with Crippen LogP contribution < -0.4 is 4.90 Å². The minimum Gasteiger partial charge on any atom is -0.376 e. The maximum absolute atomic E-state index is 13.3. The number of anilines is 1. The quantitative estimate of drug-likeness (QED) is 0.489. The second-order valence-corrected chi connectivity index (χ2v) is 14.9. The second-order valence-electron chi connectivity index (χ2n) is 9.78. The van der Waals surface area contributed by atoms with Gasteiger partial charge in [0.15, 0.2) is 5.60 Å². The summed E-state index contributed by atoms with van der Waals surface area (Å²) in [6, 6.07) is 7.84. The fraction of sp³-hybridized carbons (Fsp3) is 0.565. The monoisotopic (exact) mass is 581 g/mol. The van der Waals surface area contributed by atoms with Crippen LogP contribution in [-0.2, 0) is 25.6 Å². The van der Waals surface area contributed by atoms with Crippen molar-refractivity contribution in [2.45, 2.75) is 41.8 Å². The molecule has 1 aromatic carbocycles. The zero-order valence-electron chi connectivity index (χ0n) is 20.4. The van der Waals surface area contributed by atoms with E-state index in [1.54, 1.807) is 11.4 Å². The van der Waals surface area contributed by atoms with Crippen LogP contribution in [0, 0.1) is 5.92 Å². The lowest BCUT2D eigenvalue weighted by molar-refractivity contribution is -0.258. The van der Waals surface area contributed by atoms with Crippen molar-refractivity contribution in [1.82, 2.24) is 8.61 Å². The molecule has 4 rings (SSSR count). The zero-order valence-corrected chi connectivity index (χ0v) is 22.9. The van der Waals surface area contributed by atoms with Gasteiger partial charge < -0.3 is 10.0 Å². The molecule has 2 aliphatic rings. The summed E-state index contributed by atoms with van der Waals surface area (Å²) in [6.45, 7) is 1.41. The van der Waals surface area contributed by atoms with E-state index >= 15 is 0 Å². The second kappa shape index (κ2) is 10.1. The smallest absolute Gasteiger partial charge is 0.376 e. The number of hydrogen-bond donors (Lipinski definition) is 1. The first-order valence-electron chi connectivity index (χ1n) is 11.8. The molecule has 37 heavy (non-hydrogen) atoms. The molecule has 1 aliphatic heterocycles. The predicted octanol–water partition coefficient (Wildman–Crippen LogP) is 3.07. The molecule has 8 nitrogen and oxygen atoms in total. The largest absolute Gasteiger partial charge is 0.421 e. The SMILES string of the molecule is CC(O)(c1ccc(N2CCN(S(=O)(=O)c3cccs3)CC2CN(CC2CC2)S(C)(=O)=O)cc1)C(F)(F)F. The molecule has 2 heterocycles. The number of thiophene rings is 1. The van der Waals surface area contributed by atoms with Gasteiger partial charge in [0.1, 0.15) is 4.21 Å². The molecule has 1 aliphatic carbocycles. The van der Waals surface area contributed by atoms with Crippen LogP contribution >= 0.6 is 11.3 Å². The fourth-order valence-electron chi connectivity index (χ4n) is 4.39. The van der Waals surface area contributed by atoms with E-state index in [4.69, 9.17) is 0 Å². The number of halogens is 3. The van der Waals surface area contributed by atoms with Gasteiger partial charge in [-0.3, -0.25) is 0 Å². The van der Waals surface area contributed by atoms with Crippen molar-refractivity contribution in [2.75, 3.05) is 43.9 Å². The molecule has 0 amide bonds. The molecular weight excluding hydrogens is 551 g/mol. The molecule has 0 radical (unpaired) electrons. The number of nitrogens with zero attached hydrogens (tertiary/aromatic N) is 3. The summed E-state index contributed by atoms with van der Waals surface area (Å²) >= 11 is 1.10. The van der Waals surface area contributed by atoms with Crippen LogP contribution in [0.2, 0.25) is 0 Å². The van der Waals surface area contributed by atoms with Crippen molar-refractivity contribution in [3.05, 3.63) is 47.3 Å². The number of alkyl halides is 3. The Kier molecular flexibility index (Phi) is 7.74. The molecule has 1 saturated heterocycles. The van der Waals surface area contributed by atoms with Gasteiger partial charge in [0.25, 0.3) is 10.0 Å². The van der Waals surface area contributed by atoms with Crippen LogP contribution in [0.5, 0.6) is 0 Å². The summed E-state index contributed by atoms with van der Waals surface area (Å²) in [4.78, 5) is 1.83. The highest BCUT2D eigenvalue weighted by Gasteiger charge is 2.51. The van der Waals surface area contributed by atoms with E-state index < -0.39 is 37.9 Å². The van der Waals surface area contributed by atoms with E-state index in [-0.39, 0.29) is 41.9 Å². The van der Waals surface area contributed by atoms with E-state index in [0.29, 0.717) is 19.2 Å². The summed E-state index contributed by atoms with van der Waals surface area (Å²) in [6.07, 6.45) is -1.88. The highest BCUT2D eigenvalue weighted by molar-refractivity contribution is 7.91. The van der Waals surface area contributed by atoms with Crippen molar-refractivity contribution < 1.29 is 35.1 Å². The molecule has 2 atom stereocenters. The number of sulfonamides is 2. The van der Waals surface area contributed by atoms with Crippen molar-refractivity contribution >= 4 is 37.1 Å². The van der Waals surface area contributed by atoms with Crippen LogP contribution in [0.3, 0.4) is 0 Å². The minimum atomic E-state index is -4.86. The number of rotatable bonds is 9. The van der Waals surface area contributed by atoms with Gasteiger partial charge in [0.2, 0.25) is 10.0 Å². The van der Waals surface area contributed by atoms with Gasteiger partial charge in [-0.15, -0.1) is 11.3 Å². The topological polar surface area (TPSA) is 98.2 Å². The van der Waals surface area contributed by atoms with Gasteiger partial charge in [-0.25, -0.2) is 16.8 Å². The third-order valence-electron chi connectivity index (χ3n) is 6.89. The predicted molar refractivity (Wildman–Crippen MR) is 135 cm³/mol. The summed E-state index contributed by atoms with van der Waals surface area (Å²) < 4.78 is 94.3. The van der Waals surface area contributed by atoms with Crippen molar-refractivity contribution in [3.63, 3.8) is 0 Å². The van der Waals surface area contributed by atoms with E-state index in [1.807, 2.05) is 4.90 Å². The molecule has 206 valence electrons. The van der Waals surface area contributed by atoms with Crippen LogP contribution in [0.4, 0.5) is 18.9 Å². The van der Waals surface area contributed by atoms with Crippen LogP contribution in [0.25, 0.3) is 0 Å². The Morgan fingerprint density at radius 1 is 1.05 bits per heavy atom. The number of aliphatic hydroxyl groups is 1. The van der Waals surface area contributed by atoms with Crippen molar-refractivity contribution in [2.24, 2.45) is 5.92 Å². The fourth-order valence-corrected chi connectivity index (χ4v) is 7.93. The summed E-state index contributed by atoms with van der Waals surface area (Å²) in [5.74, 6) is 0.265. The van der Waals surface area contributed by atoms with Crippen LogP contribution in [0.1, 0.15) is 25.3 Å². The first-order valence-corrected chi connectivity index (χ1v) is 15.9. The Morgan fingerprint density at radius 2 is 1.70 bits per heavy atom. The van der Waals surface area contributed by atoms with Gasteiger partial charge in [-0.1, -0.05) is 18.2 Å². The number of piperazine rings is 1. The number of hydrogen-bond acceptors (Lipinski definition) is 7. The summed E-state index contributed by atoms with van der Waals surface area (Å²) in [5.41, 5.74) is -2.85. The Labute approximate surface area is 219 Å². The van der Waals surface area contributed by atoms with Gasteiger partial charge in [0, 0.05) is 38.4 Å². The minimum absolute atomic E-state index is 0.0128. The maximum atomic E-state index is 13.3. The molecule has 2 fully saturated rings. The van der Waals surface area contributed by atoms with E-state index in [1.165, 1.54) is 38.9 Å². The Morgan fingerprint density at radius 3 is 2.22 bits per heavy atom. The normalized spacial score (nSPS) is 21.8. The Balaban J connectivity index is 1.64. The third kappa shape index (κ3) is 6.14. The molecule has 1 saturated carbocycles. The number of benzene rings is 1. The van der Waals surface area contributed by atoms with Crippen molar-refractivity contribution in [3.8, 4) is 0 Å². The molecule has 1 aromatic heterocycles. The average Bonchev–Trinajstić information content (AvgIpc) is 3.45. The molecule has 0 bridgehead atoms. The standard InChI is InChI=1S/C23H30F3N3O5S3/c1-22(30,23(24,25)26)18-7-9-19(10-8-18)29-12-11-27(37(33,34)21-4-3-13-35-21)15-20(29)16-28(36(2,31)32)14-17-5-6-17/h3-4,7-10,13,17,20,30H,5-6,11-12,14-16H2,1-2H3. The lowest BCUT2D eigenvalue weighted by Crippen LogP contribution is -2.59. The maximum Gasteiger partial charge on any atom is 0.421 e. The van der Waals surface area contributed by atoms with Gasteiger partial charge in [-0.05, 0) is 54.8 Å². The summed E-state index contributed by atoms with van der Waals surface area (Å²) in [5, 5.41) is 11.7. The molecule has 0 spiro atoms. The highest BCUT2D eigenvalue weighted by Crippen LogP contribution is 2.39. The van der Waals surface area contributed by atoms with E-state index in [9.17, 15) is 35.1 Å². The first-order chi connectivity index (χ1) is 17.1. The lowest BCUT2D eigenvalue weighted by Gasteiger charge is -2.43. The zero-order chi connectivity index (χ0) is 27.2. The highest BCUT2D eigenvalue weighted by atomic mass is 32.2. The van der Waals surface area contributed by atoms with E-state index in [2.05, 4.69) is 0 Å². The van der Waals surface area contributed by atoms with Crippen LogP contribution in [-0.4, -0.2) is 81.8 Å². The molecule has 2 aromatic rings. The molecule has 2 unspecified atom stereocenters. The third-order valence-corrected chi connectivity index (χ3v) is 11.4. The first kappa shape index (κ1) is 28.3. The molecular formula is C23H30F3N3O5S3. The van der Waals surface area contributed by atoms with Crippen LogP contribution in [0.15, 0.2) is 46.0 Å².